The topological polar surface area (TPSA) is 64.3 Å². The van der Waals surface area contributed by atoms with Crippen LogP contribution in [0.4, 0.5) is 5.69 Å². The predicted molar refractivity (Wildman–Crippen MR) is 68.5 cm³/mol. The molecule has 1 aliphatic rings. The molecule has 1 aromatic rings. The van der Waals surface area contributed by atoms with Crippen LogP contribution in [0.25, 0.3) is 0 Å². The number of hydrogen-bond donors (Lipinski definition) is 1. The van der Waals surface area contributed by atoms with Gasteiger partial charge in [-0.3, -0.25) is 4.79 Å². The number of nitriles is 1. The number of nitrogens with zero attached hydrogens (tertiary/aromatic N) is 2. The molecule has 1 N–H and O–H groups in total. The normalized spacial score (nSPS) is 14.0. The van der Waals surface area contributed by atoms with Crippen molar-refractivity contribution < 1.29 is 9.90 Å². The minimum absolute atomic E-state index is 0.0474. The zero-order valence-electron chi connectivity index (χ0n) is 10.4. The summed E-state index contributed by atoms with van der Waals surface area (Å²) in [6, 6.07) is 7.71. The number of benzene rings is 1. The summed E-state index contributed by atoms with van der Waals surface area (Å²) in [7, 11) is 0. The Bertz CT molecular complexity index is 501. The Morgan fingerprint density at radius 1 is 1.56 bits per heavy atom. The molecule has 0 amide bonds. The van der Waals surface area contributed by atoms with E-state index in [-0.39, 0.29) is 6.54 Å². The molecule has 0 atom stereocenters. The Morgan fingerprint density at radius 3 is 2.83 bits per heavy atom. The van der Waals surface area contributed by atoms with Crippen LogP contribution in [0.2, 0.25) is 0 Å². The third-order valence-electron chi connectivity index (χ3n) is 3.11. The number of aryl methyl sites for hydroxylation is 1. The van der Waals surface area contributed by atoms with Crippen LogP contribution in [-0.4, -0.2) is 24.2 Å². The standard InChI is InChI=1S/C14H16N2O2/c1-10-2-5-13(12(6-10)7-15)16(9-14(17)18)8-11-3-4-11/h2,5-6,11H,3-4,8-9H2,1H3,(H,17,18). The summed E-state index contributed by atoms with van der Waals surface area (Å²) in [5.41, 5.74) is 2.30. The lowest BCUT2D eigenvalue weighted by atomic mass is 10.1. The molecule has 1 aliphatic carbocycles. The van der Waals surface area contributed by atoms with E-state index in [0.717, 1.165) is 30.6 Å². The van der Waals surface area contributed by atoms with E-state index >= 15 is 0 Å². The second-order valence-electron chi connectivity index (χ2n) is 4.85. The minimum Gasteiger partial charge on any atom is -0.480 e. The van der Waals surface area contributed by atoms with E-state index in [1.165, 1.54) is 0 Å². The van der Waals surface area contributed by atoms with Gasteiger partial charge in [0.2, 0.25) is 0 Å². The van der Waals surface area contributed by atoms with Crippen molar-refractivity contribution in [1.29, 1.82) is 5.26 Å². The molecule has 1 fully saturated rings. The Balaban J connectivity index is 2.28. The van der Waals surface area contributed by atoms with E-state index in [4.69, 9.17) is 10.4 Å². The van der Waals surface area contributed by atoms with Gasteiger partial charge in [0.05, 0.1) is 11.3 Å². The van der Waals surface area contributed by atoms with E-state index in [1.54, 1.807) is 11.0 Å². The van der Waals surface area contributed by atoms with Crippen LogP contribution in [0.15, 0.2) is 18.2 Å². The minimum atomic E-state index is -0.861. The molecule has 0 heterocycles. The van der Waals surface area contributed by atoms with Gasteiger partial charge < -0.3 is 10.0 Å². The largest absolute Gasteiger partial charge is 0.480 e. The highest BCUT2D eigenvalue weighted by molar-refractivity contribution is 5.75. The maximum atomic E-state index is 10.9. The average Bonchev–Trinajstić information content (AvgIpc) is 3.11. The lowest BCUT2D eigenvalue weighted by molar-refractivity contribution is -0.135. The van der Waals surface area contributed by atoms with Crippen molar-refractivity contribution in [2.24, 2.45) is 5.92 Å². The number of aliphatic carboxylic acids is 1. The number of anilines is 1. The van der Waals surface area contributed by atoms with Gasteiger partial charge in [0.1, 0.15) is 12.6 Å². The second kappa shape index (κ2) is 5.09. The molecule has 0 spiro atoms. The van der Waals surface area contributed by atoms with Crippen LogP contribution in [0, 0.1) is 24.2 Å². The fourth-order valence-electron chi connectivity index (χ4n) is 2.04. The third-order valence-corrected chi connectivity index (χ3v) is 3.11. The predicted octanol–water partition coefficient (Wildman–Crippen LogP) is 2.17. The molecule has 0 saturated heterocycles. The SMILES string of the molecule is Cc1ccc(N(CC(=O)O)CC2CC2)c(C#N)c1. The van der Waals surface area contributed by atoms with Crippen LogP contribution < -0.4 is 4.90 Å². The van der Waals surface area contributed by atoms with Gasteiger partial charge in [0.15, 0.2) is 0 Å². The Labute approximate surface area is 106 Å². The van der Waals surface area contributed by atoms with Crippen molar-refractivity contribution in [2.45, 2.75) is 19.8 Å². The first-order valence-electron chi connectivity index (χ1n) is 6.07. The Hall–Kier alpha value is -2.02. The van der Waals surface area contributed by atoms with Gasteiger partial charge in [-0.25, -0.2) is 0 Å². The summed E-state index contributed by atoms with van der Waals surface area (Å²) in [5, 5.41) is 18.1. The van der Waals surface area contributed by atoms with Crippen LogP contribution in [-0.2, 0) is 4.79 Å². The van der Waals surface area contributed by atoms with Gasteiger partial charge in [-0.15, -0.1) is 0 Å². The molecule has 2 rings (SSSR count). The molecular weight excluding hydrogens is 228 g/mol. The third kappa shape index (κ3) is 3.01. The molecule has 94 valence electrons. The zero-order chi connectivity index (χ0) is 13.1. The maximum Gasteiger partial charge on any atom is 0.323 e. The number of hydrogen-bond acceptors (Lipinski definition) is 3. The molecule has 0 bridgehead atoms. The van der Waals surface area contributed by atoms with E-state index in [9.17, 15) is 4.79 Å². The maximum absolute atomic E-state index is 10.9. The molecule has 4 nitrogen and oxygen atoms in total. The van der Waals surface area contributed by atoms with Crippen LogP contribution in [0.5, 0.6) is 0 Å². The molecule has 18 heavy (non-hydrogen) atoms. The quantitative estimate of drug-likeness (QED) is 0.862. The summed E-state index contributed by atoms with van der Waals surface area (Å²) >= 11 is 0. The number of carboxylic acids is 1. The molecule has 1 saturated carbocycles. The van der Waals surface area contributed by atoms with Gasteiger partial charge in [-0.1, -0.05) is 6.07 Å². The number of carbonyl (C=O) groups is 1. The summed E-state index contributed by atoms with van der Waals surface area (Å²) in [5.74, 6) is -0.280. The van der Waals surface area contributed by atoms with Crippen molar-refractivity contribution in [1.82, 2.24) is 0 Å². The molecule has 0 radical (unpaired) electrons. The van der Waals surface area contributed by atoms with Gasteiger partial charge >= 0.3 is 5.97 Å². The Kier molecular flexibility index (Phi) is 3.52. The monoisotopic (exact) mass is 244 g/mol. The van der Waals surface area contributed by atoms with Crippen LogP contribution >= 0.6 is 0 Å². The van der Waals surface area contributed by atoms with Crippen LogP contribution in [0.1, 0.15) is 24.0 Å². The molecule has 0 aliphatic heterocycles. The summed E-state index contributed by atoms with van der Waals surface area (Å²) in [4.78, 5) is 12.7. The average molecular weight is 244 g/mol. The van der Waals surface area contributed by atoms with Gasteiger partial charge in [-0.2, -0.15) is 5.26 Å². The first kappa shape index (κ1) is 12.4. The summed E-state index contributed by atoms with van der Waals surface area (Å²) < 4.78 is 0. The molecular formula is C14H16N2O2. The van der Waals surface area contributed by atoms with Crippen molar-refractivity contribution in [3.63, 3.8) is 0 Å². The summed E-state index contributed by atoms with van der Waals surface area (Å²) in [6.45, 7) is 2.60. The smallest absolute Gasteiger partial charge is 0.323 e. The van der Waals surface area contributed by atoms with Gasteiger partial charge in [0.25, 0.3) is 0 Å². The first-order chi connectivity index (χ1) is 8.60. The van der Waals surface area contributed by atoms with Crippen molar-refractivity contribution >= 4 is 11.7 Å². The van der Waals surface area contributed by atoms with E-state index in [0.29, 0.717) is 11.5 Å². The Morgan fingerprint density at radius 2 is 2.28 bits per heavy atom. The lowest BCUT2D eigenvalue weighted by Gasteiger charge is -2.24. The summed E-state index contributed by atoms with van der Waals surface area (Å²) in [6.07, 6.45) is 2.31. The number of rotatable bonds is 5. The molecule has 1 aromatic carbocycles. The number of carboxylic acid groups (broad SMARTS) is 1. The second-order valence-corrected chi connectivity index (χ2v) is 4.85. The highest BCUT2D eigenvalue weighted by Gasteiger charge is 2.26. The fraction of sp³-hybridized carbons (Fsp3) is 0.429. The first-order valence-corrected chi connectivity index (χ1v) is 6.07. The molecule has 0 aromatic heterocycles. The van der Waals surface area contributed by atoms with Crippen molar-refractivity contribution in [3.05, 3.63) is 29.3 Å². The van der Waals surface area contributed by atoms with E-state index in [1.807, 2.05) is 19.1 Å². The van der Waals surface area contributed by atoms with E-state index in [2.05, 4.69) is 6.07 Å². The highest BCUT2D eigenvalue weighted by Crippen LogP contribution is 2.32. The fourth-order valence-corrected chi connectivity index (χ4v) is 2.04. The van der Waals surface area contributed by atoms with Gasteiger partial charge in [-0.05, 0) is 43.4 Å². The molecule has 4 heteroatoms. The zero-order valence-corrected chi connectivity index (χ0v) is 10.4. The van der Waals surface area contributed by atoms with Crippen molar-refractivity contribution in [3.8, 4) is 6.07 Å². The van der Waals surface area contributed by atoms with Crippen molar-refractivity contribution in [2.75, 3.05) is 18.0 Å². The van der Waals surface area contributed by atoms with Crippen LogP contribution in [0.3, 0.4) is 0 Å². The highest BCUT2D eigenvalue weighted by atomic mass is 16.4. The van der Waals surface area contributed by atoms with E-state index < -0.39 is 5.97 Å². The van der Waals surface area contributed by atoms with Gasteiger partial charge in [0, 0.05) is 6.54 Å². The molecule has 0 unspecified atom stereocenters. The lowest BCUT2D eigenvalue weighted by Crippen LogP contribution is -2.32.